The van der Waals surface area contributed by atoms with Crippen molar-refractivity contribution < 1.29 is 28.9 Å². The molecule has 7 nitrogen and oxygen atoms in total. The van der Waals surface area contributed by atoms with Crippen molar-refractivity contribution in [3.63, 3.8) is 0 Å². The van der Waals surface area contributed by atoms with Gasteiger partial charge in [-0.2, -0.15) is 0 Å². The molecular formula is C24H24ClNO6. The van der Waals surface area contributed by atoms with E-state index in [0.29, 0.717) is 34.3 Å². The van der Waals surface area contributed by atoms with Crippen LogP contribution >= 0.6 is 11.6 Å². The molecule has 0 unspecified atom stereocenters. The Labute approximate surface area is 191 Å². The largest absolute Gasteiger partial charge is 0.507 e. The lowest BCUT2D eigenvalue weighted by atomic mass is 9.94. The van der Waals surface area contributed by atoms with Crippen molar-refractivity contribution in [1.82, 2.24) is 4.90 Å². The minimum atomic E-state index is -0.837. The molecule has 2 aromatic carbocycles. The van der Waals surface area contributed by atoms with Gasteiger partial charge in [0.25, 0.3) is 11.7 Å². The van der Waals surface area contributed by atoms with Crippen LogP contribution in [-0.4, -0.2) is 55.2 Å². The van der Waals surface area contributed by atoms with Crippen LogP contribution in [0.4, 0.5) is 0 Å². The molecule has 32 heavy (non-hydrogen) atoms. The molecule has 2 fully saturated rings. The maximum absolute atomic E-state index is 13.1. The second-order valence-corrected chi connectivity index (χ2v) is 8.14. The Morgan fingerprint density at radius 2 is 1.91 bits per heavy atom. The number of aliphatic hydroxyl groups excluding tert-OH is 1. The van der Waals surface area contributed by atoms with Crippen LogP contribution in [-0.2, 0) is 14.3 Å². The molecule has 4 rings (SSSR count). The Bertz CT molecular complexity index is 1060. The van der Waals surface area contributed by atoms with Crippen LogP contribution in [0, 0.1) is 0 Å². The van der Waals surface area contributed by atoms with E-state index in [4.69, 9.17) is 25.8 Å². The Hall–Kier alpha value is -3.03. The summed E-state index contributed by atoms with van der Waals surface area (Å²) in [6, 6.07) is 10.8. The molecule has 0 spiro atoms. The van der Waals surface area contributed by atoms with Gasteiger partial charge in [-0.3, -0.25) is 9.59 Å². The Morgan fingerprint density at radius 3 is 2.53 bits per heavy atom. The molecule has 2 atom stereocenters. The number of carbonyl (C=O) groups excluding carboxylic acids is 2. The van der Waals surface area contributed by atoms with Crippen molar-refractivity contribution >= 4 is 29.1 Å². The van der Waals surface area contributed by atoms with Gasteiger partial charge in [0.05, 0.1) is 31.9 Å². The number of ether oxygens (including phenoxy) is 3. The summed E-state index contributed by atoms with van der Waals surface area (Å²) in [6.45, 7) is 0.859. The van der Waals surface area contributed by atoms with Crippen LogP contribution in [0.2, 0.25) is 5.02 Å². The van der Waals surface area contributed by atoms with E-state index in [1.165, 1.54) is 12.0 Å². The maximum Gasteiger partial charge on any atom is 0.295 e. The number of hydrogen-bond donors (Lipinski definition) is 1. The highest BCUT2D eigenvalue weighted by molar-refractivity contribution is 6.46. The minimum Gasteiger partial charge on any atom is -0.507 e. The van der Waals surface area contributed by atoms with Crippen molar-refractivity contribution in [2.75, 3.05) is 27.4 Å². The van der Waals surface area contributed by atoms with Gasteiger partial charge in [0.1, 0.15) is 17.3 Å². The average Bonchev–Trinajstić information content (AvgIpc) is 3.41. The summed E-state index contributed by atoms with van der Waals surface area (Å²) in [4.78, 5) is 27.7. The SMILES string of the molecule is COc1ccc([C@H]2C(=C(O)c3ccc(Cl)cc3)C(=O)C(=O)N2C[C@H]2CCCO2)c(OC)c1. The summed E-state index contributed by atoms with van der Waals surface area (Å²) in [5.74, 6) is -0.690. The fraction of sp³-hybridized carbons (Fsp3) is 0.333. The van der Waals surface area contributed by atoms with Crippen LogP contribution in [0.15, 0.2) is 48.0 Å². The number of aliphatic hydroxyl groups is 1. The van der Waals surface area contributed by atoms with Gasteiger partial charge in [-0.05, 0) is 49.2 Å². The first-order valence-corrected chi connectivity index (χ1v) is 10.7. The standard InChI is InChI=1S/C24H24ClNO6/c1-30-16-9-10-18(19(12-16)31-2)21-20(22(27)14-5-7-15(25)8-6-14)23(28)24(29)26(21)13-17-4-3-11-32-17/h5-10,12,17,21,27H,3-4,11,13H2,1-2H3/t17-,21+/m1/s1. The van der Waals surface area contributed by atoms with E-state index >= 15 is 0 Å². The molecule has 1 N–H and O–H groups in total. The molecule has 0 aliphatic carbocycles. The first-order valence-electron chi connectivity index (χ1n) is 10.3. The van der Waals surface area contributed by atoms with E-state index in [2.05, 4.69) is 0 Å². The van der Waals surface area contributed by atoms with Gasteiger partial charge in [-0.15, -0.1) is 0 Å². The van der Waals surface area contributed by atoms with E-state index in [1.54, 1.807) is 49.6 Å². The minimum absolute atomic E-state index is 0.00112. The van der Waals surface area contributed by atoms with Crippen LogP contribution in [0.25, 0.3) is 5.76 Å². The van der Waals surface area contributed by atoms with E-state index in [-0.39, 0.29) is 24.0 Å². The highest BCUT2D eigenvalue weighted by Gasteiger charge is 2.48. The monoisotopic (exact) mass is 457 g/mol. The average molecular weight is 458 g/mol. The highest BCUT2D eigenvalue weighted by atomic mass is 35.5. The van der Waals surface area contributed by atoms with Gasteiger partial charge in [-0.1, -0.05) is 11.6 Å². The van der Waals surface area contributed by atoms with Crippen LogP contribution in [0.3, 0.4) is 0 Å². The van der Waals surface area contributed by atoms with Gasteiger partial charge in [0.2, 0.25) is 0 Å². The number of ketones is 1. The first-order chi connectivity index (χ1) is 15.4. The van der Waals surface area contributed by atoms with Crippen molar-refractivity contribution in [1.29, 1.82) is 0 Å². The van der Waals surface area contributed by atoms with Crippen molar-refractivity contribution in [2.45, 2.75) is 25.0 Å². The molecule has 1 amide bonds. The molecule has 2 aromatic rings. The molecule has 8 heteroatoms. The fourth-order valence-electron chi connectivity index (χ4n) is 4.21. The van der Waals surface area contributed by atoms with Gasteiger partial charge in [0.15, 0.2) is 0 Å². The van der Waals surface area contributed by atoms with Gasteiger partial charge >= 0.3 is 0 Å². The number of carbonyl (C=O) groups is 2. The lowest BCUT2D eigenvalue weighted by molar-refractivity contribution is -0.140. The quantitative estimate of drug-likeness (QED) is 0.401. The predicted molar refractivity (Wildman–Crippen MR) is 119 cm³/mol. The van der Waals surface area contributed by atoms with Crippen LogP contribution in [0.1, 0.15) is 30.0 Å². The van der Waals surface area contributed by atoms with Crippen LogP contribution in [0.5, 0.6) is 11.5 Å². The molecule has 0 saturated carbocycles. The highest BCUT2D eigenvalue weighted by Crippen LogP contribution is 2.44. The number of nitrogens with zero attached hydrogens (tertiary/aromatic N) is 1. The van der Waals surface area contributed by atoms with Gasteiger partial charge in [-0.25, -0.2) is 0 Å². The number of hydrogen-bond acceptors (Lipinski definition) is 6. The zero-order chi connectivity index (χ0) is 22.8. The zero-order valence-electron chi connectivity index (χ0n) is 17.8. The number of amides is 1. The second kappa shape index (κ2) is 9.22. The van der Waals surface area contributed by atoms with Crippen molar-refractivity contribution in [3.05, 3.63) is 64.2 Å². The summed E-state index contributed by atoms with van der Waals surface area (Å²) in [5, 5.41) is 11.6. The summed E-state index contributed by atoms with van der Waals surface area (Å²) in [6.07, 6.45) is 1.53. The number of Topliss-reactive ketones (excluding diaryl/α,β-unsaturated/α-hetero) is 1. The Morgan fingerprint density at radius 1 is 1.16 bits per heavy atom. The van der Waals surface area contributed by atoms with Crippen molar-refractivity contribution in [3.8, 4) is 11.5 Å². The zero-order valence-corrected chi connectivity index (χ0v) is 18.6. The summed E-state index contributed by atoms with van der Waals surface area (Å²) >= 11 is 5.97. The fourth-order valence-corrected chi connectivity index (χ4v) is 4.33. The molecular weight excluding hydrogens is 434 g/mol. The summed E-state index contributed by atoms with van der Waals surface area (Å²) in [7, 11) is 3.04. The topological polar surface area (TPSA) is 85.3 Å². The number of methoxy groups -OCH3 is 2. The predicted octanol–water partition coefficient (Wildman–Crippen LogP) is 3.96. The lowest BCUT2D eigenvalue weighted by Gasteiger charge is -2.28. The van der Waals surface area contributed by atoms with E-state index in [0.717, 1.165) is 12.8 Å². The Kier molecular flexibility index (Phi) is 6.39. The second-order valence-electron chi connectivity index (χ2n) is 7.70. The van der Waals surface area contributed by atoms with E-state index < -0.39 is 17.7 Å². The third-order valence-electron chi connectivity index (χ3n) is 5.82. The third-order valence-corrected chi connectivity index (χ3v) is 6.07. The number of halogens is 1. The first kappa shape index (κ1) is 22.2. The van der Waals surface area contributed by atoms with Crippen molar-refractivity contribution in [2.24, 2.45) is 0 Å². The molecule has 2 aliphatic rings. The molecule has 0 bridgehead atoms. The molecule has 0 radical (unpaired) electrons. The molecule has 0 aromatic heterocycles. The lowest BCUT2D eigenvalue weighted by Crippen LogP contribution is -2.36. The number of rotatable bonds is 6. The normalized spacial score (nSPS) is 22.4. The molecule has 168 valence electrons. The smallest absolute Gasteiger partial charge is 0.295 e. The summed E-state index contributed by atoms with van der Waals surface area (Å²) < 4.78 is 16.6. The van der Waals surface area contributed by atoms with Gasteiger partial charge < -0.3 is 24.2 Å². The van der Waals surface area contributed by atoms with Crippen LogP contribution < -0.4 is 9.47 Å². The Balaban J connectivity index is 1.87. The molecule has 2 heterocycles. The molecule has 2 saturated heterocycles. The van der Waals surface area contributed by atoms with E-state index in [9.17, 15) is 14.7 Å². The van der Waals surface area contributed by atoms with E-state index in [1.807, 2.05) is 0 Å². The number of benzene rings is 2. The van der Waals surface area contributed by atoms with Gasteiger partial charge in [0, 0.05) is 35.4 Å². The summed E-state index contributed by atoms with van der Waals surface area (Å²) in [5.41, 5.74) is 0.960. The maximum atomic E-state index is 13.1. The molecule has 2 aliphatic heterocycles. The number of likely N-dealkylation sites (tertiary alicyclic amines) is 1. The third kappa shape index (κ3) is 4.06.